The highest BCUT2D eigenvalue weighted by atomic mass is 79.9. The van der Waals surface area contributed by atoms with E-state index < -0.39 is 0 Å². The lowest BCUT2D eigenvalue weighted by molar-refractivity contribution is -0.106. The fraction of sp³-hybridized carbons (Fsp3) is 0.333. The maximum Gasteiger partial charge on any atom is 0.184 e. The van der Waals surface area contributed by atoms with Crippen LogP contribution in [0.2, 0.25) is 0 Å². The molecule has 1 rings (SSSR count). The first-order valence-corrected chi connectivity index (χ1v) is 4.59. The Morgan fingerprint density at radius 2 is 1.92 bits per heavy atom. The van der Waals surface area contributed by atoms with Crippen molar-refractivity contribution in [1.82, 2.24) is 0 Å². The highest BCUT2D eigenvalue weighted by Crippen LogP contribution is 2.27. The number of rotatable bonds is 3. The Morgan fingerprint density at radius 3 is 2.46 bits per heavy atom. The van der Waals surface area contributed by atoms with E-state index in [1.807, 2.05) is 18.2 Å². The van der Waals surface area contributed by atoms with Crippen LogP contribution in [-0.2, 0) is 9.47 Å². The molecule has 0 amide bonds. The summed E-state index contributed by atoms with van der Waals surface area (Å²) in [5.74, 6) is 0. The summed E-state index contributed by atoms with van der Waals surface area (Å²) in [6, 6.07) is 5.51. The molecule has 0 bridgehead atoms. The summed E-state index contributed by atoms with van der Waals surface area (Å²) in [5, 5.41) is 0. The first kappa shape index (κ1) is 10.5. The predicted molar refractivity (Wildman–Crippen MR) is 55.3 cm³/mol. The maximum absolute atomic E-state index is 5.64. The van der Waals surface area contributed by atoms with Crippen LogP contribution in [-0.4, -0.2) is 14.2 Å². The number of nitrogen functional groups attached to an aromatic ring is 1. The van der Waals surface area contributed by atoms with E-state index >= 15 is 0 Å². The Morgan fingerprint density at radius 1 is 1.31 bits per heavy atom. The standard InChI is InChI=1S/C9H12BrNO2/c1-12-9(13-2)7-5-6(11)3-4-8(7)10/h3-5,9H,11H2,1-2H3. The lowest BCUT2D eigenvalue weighted by Crippen LogP contribution is -2.05. The zero-order chi connectivity index (χ0) is 9.84. The third-order valence-corrected chi connectivity index (χ3v) is 2.42. The average molecular weight is 246 g/mol. The molecule has 72 valence electrons. The van der Waals surface area contributed by atoms with E-state index in [1.165, 1.54) is 0 Å². The van der Waals surface area contributed by atoms with Gasteiger partial charge in [0.05, 0.1) is 0 Å². The van der Waals surface area contributed by atoms with E-state index in [1.54, 1.807) is 14.2 Å². The summed E-state index contributed by atoms with van der Waals surface area (Å²) in [5.41, 5.74) is 7.23. The second-order valence-electron chi connectivity index (χ2n) is 2.58. The monoisotopic (exact) mass is 245 g/mol. The number of hydrogen-bond acceptors (Lipinski definition) is 3. The fourth-order valence-electron chi connectivity index (χ4n) is 1.09. The Kier molecular flexibility index (Phi) is 3.71. The molecule has 2 N–H and O–H groups in total. The highest BCUT2D eigenvalue weighted by Gasteiger charge is 2.12. The van der Waals surface area contributed by atoms with Gasteiger partial charge >= 0.3 is 0 Å². The lowest BCUT2D eigenvalue weighted by atomic mass is 10.2. The van der Waals surface area contributed by atoms with Gasteiger partial charge in [-0.15, -0.1) is 0 Å². The van der Waals surface area contributed by atoms with Gasteiger partial charge in [-0.2, -0.15) is 0 Å². The molecule has 4 heteroatoms. The molecule has 0 aromatic heterocycles. The van der Waals surface area contributed by atoms with Crippen molar-refractivity contribution in [3.8, 4) is 0 Å². The van der Waals surface area contributed by atoms with Crippen LogP contribution >= 0.6 is 15.9 Å². The van der Waals surface area contributed by atoms with Crippen LogP contribution in [0.5, 0.6) is 0 Å². The topological polar surface area (TPSA) is 44.5 Å². The molecule has 3 nitrogen and oxygen atoms in total. The number of halogens is 1. The minimum Gasteiger partial charge on any atom is -0.399 e. The largest absolute Gasteiger partial charge is 0.399 e. The molecule has 0 atom stereocenters. The molecule has 0 fully saturated rings. The predicted octanol–water partition coefficient (Wildman–Crippen LogP) is 2.32. The molecule has 0 aliphatic heterocycles. The molecule has 0 unspecified atom stereocenters. The van der Waals surface area contributed by atoms with Gasteiger partial charge in [-0.1, -0.05) is 15.9 Å². The zero-order valence-corrected chi connectivity index (χ0v) is 9.17. The van der Waals surface area contributed by atoms with Gasteiger partial charge in [-0.25, -0.2) is 0 Å². The first-order valence-electron chi connectivity index (χ1n) is 3.79. The van der Waals surface area contributed by atoms with E-state index in [0.717, 1.165) is 10.0 Å². The summed E-state index contributed by atoms with van der Waals surface area (Å²) in [7, 11) is 3.17. The normalized spacial score (nSPS) is 10.8. The molecule has 0 aliphatic rings. The van der Waals surface area contributed by atoms with Crippen molar-refractivity contribution in [3.05, 3.63) is 28.2 Å². The maximum atomic E-state index is 5.64. The second kappa shape index (κ2) is 4.60. The van der Waals surface area contributed by atoms with E-state index in [2.05, 4.69) is 15.9 Å². The van der Waals surface area contributed by atoms with E-state index in [9.17, 15) is 0 Å². The van der Waals surface area contributed by atoms with Gasteiger partial charge < -0.3 is 15.2 Å². The van der Waals surface area contributed by atoms with Crippen LogP contribution < -0.4 is 5.73 Å². The van der Waals surface area contributed by atoms with Crippen LogP contribution in [0.3, 0.4) is 0 Å². The quantitative estimate of drug-likeness (QED) is 0.657. The molecule has 0 saturated carbocycles. The fourth-order valence-corrected chi connectivity index (χ4v) is 1.53. The van der Waals surface area contributed by atoms with Crippen molar-refractivity contribution in [2.24, 2.45) is 0 Å². The number of nitrogens with two attached hydrogens (primary N) is 1. The number of ether oxygens (including phenoxy) is 2. The Balaban J connectivity index is 3.03. The first-order chi connectivity index (χ1) is 6.19. The summed E-state index contributed by atoms with van der Waals surface area (Å²) in [6.07, 6.45) is -0.377. The summed E-state index contributed by atoms with van der Waals surface area (Å²) >= 11 is 3.40. The number of methoxy groups -OCH3 is 2. The third kappa shape index (κ3) is 2.43. The minimum atomic E-state index is -0.377. The van der Waals surface area contributed by atoms with Gasteiger partial charge in [-0.3, -0.25) is 0 Å². The second-order valence-corrected chi connectivity index (χ2v) is 3.44. The SMILES string of the molecule is COC(OC)c1cc(N)ccc1Br. The van der Waals surface area contributed by atoms with Crippen LogP contribution in [0.25, 0.3) is 0 Å². The van der Waals surface area contributed by atoms with Gasteiger partial charge in [-0.05, 0) is 18.2 Å². The Bertz CT molecular complexity index is 287. The summed E-state index contributed by atoms with van der Waals surface area (Å²) in [4.78, 5) is 0. The summed E-state index contributed by atoms with van der Waals surface area (Å²) < 4.78 is 11.2. The highest BCUT2D eigenvalue weighted by molar-refractivity contribution is 9.10. The van der Waals surface area contributed by atoms with Gasteiger partial charge in [0.25, 0.3) is 0 Å². The minimum absolute atomic E-state index is 0.377. The smallest absolute Gasteiger partial charge is 0.184 e. The number of hydrogen-bond donors (Lipinski definition) is 1. The molecular weight excluding hydrogens is 234 g/mol. The molecule has 13 heavy (non-hydrogen) atoms. The molecule has 1 aromatic rings. The van der Waals surface area contributed by atoms with Crippen LogP contribution in [0, 0.1) is 0 Å². The third-order valence-electron chi connectivity index (χ3n) is 1.70. The van der Waals surface area contributed by atoms with E-state index in [-0.39, 0.29) is 6.29 Å². The van der Waals surface area contributed by atoms with Gasteiger partial charge in [0.2, 0.25) is 0 Å². The van der Waals surface area contributed by atoms with Crippen LogP contribution in [0.1, 0.15) is 11.9 Å². The van der Waals surface area contributed by atoms with Crippen molar-refractivity contribution < 1.29 is 9.47 Å². The Hall–Kier alpha value is -0.580. The number of anilines is 1. The van der Waals surface area contributed by atoms with Gasteiger partial charge in [0, 0.05) is 29.9 Å². The Labute approximate surface area is 86.0 Å². The van der Waals surface area contributed by atoms with Crippen LogP contribution in [0.15, 0.2) is 22.7 Å². The van der Waals surface area contributed by atoms with Crippen molar-refractivity contribution in [2.75, 3.05) is 20.0 Å². The van der Waals surface area contributed by atoms with E-state index in [4.69, 9.17) is 15.2 Å². The molecule has 0 heterocycles. The van der Waals surface area contributed by atoms with Crippen molar-refractivity contribution in [2.45, 2.75) is 6.29 Å². The molecule has 0 aliphatic carbocycles. The van der Waals surface area contributed by atoms with Crippen molar-refractivity contribution in [1.29, 1.82) is 0 Å². The summed E-state index contributed by atoms with van der Waals surface area (Å²) in [6.45, 7) is 0. The van der Waals surface area contributed by atoms with Crippen molar-refractivity contribution >= 4 is 21.6 Å². The van der Waals surface area contributed by atoms with Gasteiger partial charge in [0.15, 0.2) is 6.29 Å². The van der Waals surface area contributed by atoms with Crippen molar-refractivity contribution in [3.63, 3.8) is 0 Å². The van der Waals surface area contributed by atoms with Gasteiger partial charge in [0.1, 0.15) is 0 Å². The van der Waals surface area contributed by atoms with Crippen LogP contribution in [0.4, 0.5) is 5.69 Å². The number of benzene rings is 1. The molecule has 1 aromatic carbocycles. The molecule has 0 spiro atoms. The lowest BCUT2D eigenvalue weighted by Gasteiger charge is -2.15. The zero-order valence-electron chi connectivity index (χ0n) is 7.58. The molecule has 0 radical (unpaired) electrons. The van der Waals surface area contributed by atoms with E-state index in [0.29, 0.717) is 5.69 Å². The average Bonchev–Trinajstić information content (AvgIpc) is 2.13. The molecule has 0 saturated heterocycles. The molecular formula is C9H12BrNO2.